The number of nitriles is 1. The van der Waals surface area contributed by atoms with Gasteiger partial charge in [0.2, 0.25) is 0 Å². The van der Waals surface area contributed by atoms with E-state index in [1.165, 1.54) is 0 Å². The van der Waals surface area contributed by atoms with Crippen LogP contribution in [0.25, 0.3) is 11.4 Å². The zero-order valence-electron chi connectivity index (χ0n) is 8.46. The summed E-state index contributed by atoms with van der Waals surface area (Å²) in [6.07, 6.45) is 8.48. The highest BCUT2D eigenvalue weighted by molar-refractivity contribution is 5.62. The molecule has 0 bridgehead atoms. The summed E-state index contributed by atoms with van der Waals surface area (Å²) in [5.74, 6) is 2.47. The number of hydrogen-bond acceptors (Lipinski definition) is 3. The molecule has 0 aliphatic heterocycles. The third kappa shape index (κ3) is 1.77. The molecule has 0 amide bonds. The van der Waals surface area contributed by atoms with Crippen molar-refractivity contribution in [2.45, 2.75) is 6.54 Å². The highest BCUT2D eigenvalue weighted by Gasteiger charge is 2.10. The molecule has 0 aromatic carbocycles. The average molecular weight is 208 g/mol. The summed E-state index contributed by atoms with van der Waals surface area (Å²) in [6, 6.07) is 7.55. The summed E-state index contributed by atoms with van der Waals surface area (Å²) >= 11 is 0. The first-order chi connectivity index (χ1) is 7.85. The number of aromatic nitrogens is 3. The van der Waals surface area contributed by atoms with Crippen LogP contribution in [0.5, 0.6) is 0 Å². The molecule has 0 saturated heterocycles. The van der Waals surface area contributed by atoms with Gasteiger partial charge in [0.25, 0.3) is 0 Å². The van der Waals surface area contributed by atoms with Crippen molar-refractivity contribution in [3.8, 4) is 29.8 Å². The molecule has 0 aliphatic carbocycles. The monoisotopic (exact) mass is 208 g/mol. The van der Waals surface area contributed by atoms with E-state index in [1.807, 2.05) is 18.2 Å². The maximum atomic E-state index is 8.98. The van der Waals surface area contributed by atoms with Gasteiger partial charge in [-0.3, -0.25) is 9.67 Å². The lowest BCUT2D eigenvalue weighted by Gasteiger charge is -1.94. The molecule has 0 aliphatic rings. The van der Waals surface area contributed by atoms with Crippen molar-refractivity contribution in [3.05, 3.63) is 36.2 Å². The second kappa shape index (κ2) is 4.29. The Balaban J connectivity index is 2.50. The zero-order valence-corrected chi connectivity index (χ0v) is 8.46. The van der Waals surface area contributed by atoms with Gasteiger partial charge in [-0.1, -0.05) is 12.0 Å². The molecular weight excluding hydrogens is 200 g/mol. The summed E-state index contributed by atoms with van der Waals surface area (Å²) in [5.41, 5.74) is 1.72. The Labute approximate surface area is 93.2 Å². The molecule has 0 N–H and O–H groups in total. The Morgan fingerprint density at radius 2 is 2.31 bits per heavy atom. The van der Waals surface area contributed by atoms with Gasteiger partial charge in [-0.25, -0.2) is 0 Å². The van der Waals surface area contributed by atoms with E-state index >= 15 is 0 Å². The Kier molecular flexibility index (Phi) is 2.67. The van der Waals surface area contributed by atoms with E-state index in [0.717, 1.165) is 0 Å². The van der Waals surface area contributed by atoms with Crippen LogP contribution in [-0.2, 0) is 6.54 Å². The highest BCUT2D eigenvalue weighted by Crippen LogP contribution is 2.18. The van der Waals surface area contributed by atoms with Gasteiger partial charge in [0.05, 0.1) is 11.3 Å². The van der Waals surface area contributed by atoms with Crippen LogP contribution < -0.4 is 0 Å². The smallest absolute Gasteiger partial charge is 0.128 e. The van der Waals surface area contributed by atoms with Crippen LogP contribution in [0.1, 0.15) is 5.56 Å². The lowest BCUT2D eigenvalue weighted by molar-refractivity contribution is 0.717. The van der Waals surface area contributed by atoms with Gasteiger partial charge in [-0.2, -0.15) is 10.4 Å². The number of terminal acetylenes is 1. The molecule has 0 unspecified atom stereocenters. The van der Waals surface area contributed by atoms with Gasteiger partial charge in [0, 0.05) is 12.4 Å². The van der Waals surface area contributed by atoms with Crippen LogP contribution in [-0.4, -0.2) is 14.8 Å². The summed E-state index contributed by atoms with van der Waals surface area (Å²) in [7, 11) is 0. The van der Waals surface area contributed by atoms with E-state index < -0.39 is 0 Å². The minimum absolute atomic E-state index is 0.349. The van der Waals surface area contributed by atoms with Crippen LogP contribution >= 0.6 is 0 Å². The maximum Gasteiger partial charge on any atom is 0.128 e. The first-order valence-corrected chi connectivity index (χ1v) is 4.67. The van der Waals surface area contributed by atoms with Crippen molar-refractivity contribution >= 4 is 0 Å². The van der Waals surface area contributed by atoms with E-state index in [-0.39, 0.29) is 0 Å². The van der Waals surface area contributed by atoms with Gasteiger partial charge in [-0.05, 0) is 12.1 Å². The first-order valence-electron chi connectivity index (χ1n) is 4.67. The van der Waals surface area contributed by atoms with Crippen LogP contribution in [0.4, 0.5) is 0 Å². The molecule has 0 saturated carbocycles. The van der Waals surface area contributed by atoms with Crippen molar-refractivity contribution in [1.82, 2.24) is 14.8 Å². The Morgan fingerprint density at radius 1 is 1.44 bits per heavy atom. The lowest BCUT2D eigenvalue weighted by Crippen LogP contribution is -1.95. The zero-order chi connectivity index (χ0) is 11.4. The van der Waals surface area contributed by atoms with Crippen molar-refractivity contribution in [2.24, 2.45) is 0 Å². The fourth-order valence-electron chi connectivity index (χ4n) is 1.37. The lowest BCUT2D eigenvalue weighted by atomic mass is 10.2. The maximum absolute atomic E-state index is 8.98. The quantitative estimate of drug-likeness (QED) is 0.702. The predicted octanol–water partition coefficient (Wildman–Crippen LogP) is 1.45. The normalized spacial score (nSPS) is 9.38. The SMILES string of the molecule is C#CCn1cc(C#N)c(-c2ccccn2)n1. The molecule has 0 spiro atoms. The standard InChI is InChI=1S/C12H8N4/c1-2-7-16-9-10(8-13)12(15-16)11-5-3-4-6-14-11/h1,3-6,9H,7H2. The second-order valence-corrected chi connectivity index (χ2v) is 3.12. The molecule has 0 radical (unpaired) electrons. The van der Waals surface area contributed by atoms with Crippen LogP contribution in [0, 0.1) is 23.7 Å². The molecule has 2 aromatic heterocycles. The van der Waals surface area contributed by atoms with Crippen molar-refractivity contribution in [2.75, 3.05) is 0 Å². The van der Waals surface area contributed by atoms with Gasteiger partial charge in [0.1, 0.15) is 18.3 Å². The number of rotatable bonds is 2. The molecule has 4 heteroatoms. The third-order valence-corrected chi connectivity index (χ3v) is 2.04. The summed E-state index contributed by atoms with van der Waals surface area (Å²) in [6.45, 7) is 0.349. The summed E-state index contributed by atoms with van der Waals surface area (Å²) < 4.78 is 1.56. The Hall–Kier alpha value is -2.59. The minimum atomic E-state index is 0.349. The summed E-state index contributed by atoms with van der Waals surface area (Å²) in [5, 5.41) is 13.2. The van der Waals surface area contributed by atoms with Gasteiger partial charge < -0.3 is 0 Å². The number of pyridine rings is 1. The number of nitrogens with zero attached hydrogens (tertiary/aromatic N) is 4. The van der Waals surface area contributed by atoms with E-state index in [1.54, 1.807) is 17.1 Å². The second-order valence-electron chi connectivity index (χ2n) is 3.12. The molecule has 2 aromatic rings. The van der Waals surface area contributed by atoms with E-state index in [2.05, 4.69) is 22.1 Å². The molecule has 0 atom stereocenters. The predicted molar refractivity (Wildman–Crippen MR) is 59.0 cm³/mol. The van der Waals surface area contributed by atoms with E-state index in [4.69, 9.17) is 11.7 Å². The number of hydrogen-bond donors (Lipinski definition) is 0. The fourth-order valence-corrected chi connectivity index (χ4v) is 1.37. The van der Waals surface area contributed by atoms with Gasteiger partial charge in [0.15, 0.2) is 0 Å². The molecular formula is C12H8N4. The van der Waals surface area contributed by atoms with Crippen molar-refractivity contribution < 1.29 is 0 Å². The molecule has 4 nitrogen and oxygen atoms in total. The van der Waals surface area contributed by atoms with Crippen LogP contribution in [0.2, 0.25) is 0 Å². The van der Waals surface area contributed by atoms with Crippen LogP contribution in [0.3, 0.4) is 0 Å². The minimum Gasteiger partial charge on any atom is -0.259 e. The van der Waals surface area contributed by atoms with E-state index in [0.29, 0.717) is 23.5 Å². The third-order valence-electron chi connectivity index (χ3n) is 2.04. The Bertz CT molecular complexity index is 569. The Morgan fingerprint density at radius 3 is 2.94 bits per heavy atom. The molecule has 76 valence electrons. The topological polar surface area (TPSA) is 54.5 Å². The fraction of sp³-hybridized carbons (Fsp3) is 0.0833. The first kappa shape index (κ1) is 9.95. The largest absolute Gasteiger partial charge is 0.259 e. The van der Waals surface area contributed by atoms with Gasteiger partial charge >= 0.3 is 0 Å². The summed E-state index contributed by atoms with van der Waals surface area (Å²) in [4.78, 5) is 4.15. The van der Waals surface area contributed by atoms with Gasteiger partial charge in [-0.15, -0.1) is 6.42 Å². The van der Waals surface area contributed by atoms with E-state index in [9.17, 15) is 0 Å². The molecule has 0 fully saturated rings. The van der Waals surface area contributed by atoms with Crippen molar-refractivity contribution in [3.63, 3.8) is 0 Å². The highest BCUT2D eigenvalue weighted by atomic mass is 15.3. The average Bonchev–Trinajstić information content (AvgIpc) is 2.74. The molecule has 16 heavy (non-hydrogen) atoms. The molecule has 2 rings (SSSR count). The van der Waals surface area contributed by atoms with Crippen LogP contribution in [0.15, 0.2) is 30.6 Å². The van der Waals surface area contributed by atoms with Crippen molar-refractivity contribution in [1.29, 1.82) is 5.26 Å². The molecule has 2 heterocycles.